The first-order chi connectivity index (χ1) is 11.0. The van der Waals surface area contributed by atoms with E-state index in [4.69, 9.17) is 0 Å². The van der Waals surface area contributed by atoms with Gasteiger partial charge in [-0.05, 0) is 49.9 Å². The van der Waals surface area contributed by atoms with Gasteiger partial charge in [-0.25, -0.2) is 26.0 Å². The summed E-state index contributed by atoms with van der Waals surface area (Å²) in [4.78, 5) is -0.177. The van der Waals surface area contributed by atoms with Crippen LogP contribution >= 0.6 is 0 Å². The highest BCUT2D eigenvalue weighted by Gasteiger charge is 2.27. The van der Waals surface area contributed by atoms with Gasteiger partial charge in [-0.3, -0.25) is 4.72 Å². The third-order valence-electron chi connectivity index (χ3n) is 3.91. The van der Waals surface area contributed by atoms with Crippen molar-refractivity contribution in [3.05, 3.63) is 57.7 Å². The van der Waals surface area contributed by atoms with Crippen molar-refractivity contribution in [3.8, 4) is 0 Å². The average Bonchev–Trinajstić information content (AvgIpc) is 2.47. The lowest BCUT2D eigenvalue weighted by atomic mass is 10.0. The molecule has 0 heterocycles. The molecule has 2 rings (SSSR count). The molecule has 2 aromatic carbocycles. The van der Waals surface area contributed by atoms with E-state index < -0.39 is 39.0 Å². The molecule has 24 heavy (non-hydrogen) atoms. The average molecular weight is 361 g/mol. The van der Waals surface area contributed by atoms with E-state index in [1.54, 1.807) is 24.6 Å². The Balaban J connectivity index is 2.69. The fraction of sp³-hybridized carbons (Fsp3) is 0.250. The van der Waals surface area contributed by atoms with E-state index in [-0.39, 0.29) is 11.0 Å². The Labute approximate surface area is 137 Å². The normalized spacial score (nSPS) is 11.7. The summed E-state index contributed by atoms with van der Waals surface area (Å²) in [6, 6.07) is 1.78. The largest absolute Gasteiger partial charge is 0.274 e. The molecular weight excluding hydrogens is 346 g/mol. The fourth-order valence-electron chi connectivity index (χ4n) is 2.43. The summed E-state index contributed by atoms with van der Waals surface area (Å²) in [7, 11) is -4.46. The zero-order valence-corrected chi connectivity index (χ0v) is 14.2. The van der Waals surface area contributed by atoms with Gasteiger partial charge in [0.25, 0.3) is 10.0 Å². The van der Waals surface area contributed by atoms with Crippen LogP contribution in [0.4, 0.5) is 23.2 Å². The van der Waals surface area contributed by atoms with E-state index in [2.05, 4.69) is 0 Å². The first-order valence-corrected chi connectivity index (χ1v) is 8.39. The lowest BCUT2D eigenvalue weighted by molar-refractivity contribution is 0.459. The molecule has 0 fully saturated rings. The topological polar surface area (TPSA) is 46.2 Å². The maximum absolute atomic E-state index is 13.7. The molecule has 0 aliphatic heterocycles. The molecular formula is C16H15F4NO2S. The number of halogens is 4. The molecule has 130 valence electrons. The van der Waals surface area contributed by atoms with E-state index in [1.807, 2.05) is 0 Å². The minimum atomic E-state index is -4.46. The van der Waals surface area contributed by atoms with E-state index in [1.165, 1.54) is 13.8 Å². The van der Waals surface area contributed by atoms with Gasteiger partial charge in [0.05, 0.1) is 4.90 Å². The highest BCUT2D eigenvalue weighted by atomic mass is 32.2. The molecule has 0 atom stereocenters. The van der Waals surface area contributed by atoms with Gasteiger partial charge in [-0.1, -0.05) is 6.07 Å². The number of sulfonamides is 1. The number of rotatable bonds is 3. The van der Waals surface area contributed by atoms with Crippen LogP contribution in [0.1, 0.15) is 22.3 Å². The quantitative estimate of drug-likeness (QED) is 0.655. The Morgan fingerprint density at radius 1 is 0.792 bits per heavy atom. The maximum Gasteiger partial charge on any atom is 0.262 e. The number of anilines is 1. The van der Waals surface area contributed by atoms with Crippen molar-refractivity contribution in [2.75, 3.05) is 4.72 Å². The highest BCUT2D eigenvalue weighted by Crippen LogP contribution is 2.30. The Kier molecular flexibility index (Phi) is 4.63. The molecule has 0 aromatic heterocycles. The van der Waals surface area contributed by atoms with Crippen molar-refractivity contribution in [1.29, 1.82) is 0 Å². The smallest absolute Gasteiger partial charge is 0.262 e. The Morgan fingerprint density at radius 3 is 1.62 bits per heavy atom. The summed E-state index contributed by atoms with van der Waals surface area (Å²) in [5, 5.41) is 0. The van der Waals surface area contributed by atoms with Gasteiger partial charge in [0.1, 0.15) is 5.69 Å². The van der Waals surface area contributed by atoms with E-state index in [9.17, 15) is 26.0 Å². The molecule has 0 aliphatic carbocycles. The predicted octanol–water partition coefficient (Wildman–Crippen LogP) is 4.28. The lowest BCUT2D eigenvalue weighted by Crippen LogP contribution is -2.19. The van der Waals surface area contributed by atoms with Gasteiger partial charge in [-0.15, -0.1) is 0 Å². The highest BCUT2D eigenvalue weighted by molar-refractivity contribution is 7.92. The van der Waals surface area contributed by atoms with Crippen LogP contribution in [0.2, 0.25) is 0 Å². The van der Waals surface area contributed by atoms with Gasteiger partial charge in [0.15, 0.2) is 23.3 Å². The number of benzene rings is 2. The second-order valence-electron chi connectivity index (χ2n) is 5.54. The fourth-order valence-corrected chi connectivity index (χ4v) is 4.11. The van der Waals surface area contributed by atoms with E-state index >= 15 is 0 Å². The van der Waals surface area contributed by atoms with Crippen molar-refractivity contribution in [2.45, 2.75) is 32.6 Å². The maximum atomic E-state index is 13.7. The van der Waals surface area contributed by atoms with Gasteiger partial charge < -0.3 is 0 Å². The molecule has 8 heteroatoms. The molecule has 0 saturated carbocycles. The molecule has 0 spiro atoms. The molecule has 0 bridgehead atoms. The van der Waals surface area contributed by atoms with Crippen LogP contribution in [-0.4, -0.2) is 8.42 Å². The third-order valence-corrected chi connectivity index (χ3v) is 5.54. The van der Waals surface area contributed by atoms with Crippen LogP contribution in [0.15, 0.2) is 17.0 Å². The summed E-state index contributed by atoms with van der Waals surface area (Å²) >= 11 is 0. The van der Waals surface area contributed by atoms with Crippen molar-refractivity contribution < 1.29 is 26.0 Å². The molecule has 0 radical (unpaired) electrons. The predicted molar refractivity (Wildman–Crippen MR) is 82.5 cm³/mol. The zero-order valence-electron chi connectivity index (χ0n) is 13.4. The van der Waals surface area contributed by atoms with E-state index in [0.717, 1.165) is 0 Å². The Hall–Kier alpha value is -2.09. The molecule has 1 N–H and O–H groups in total. The minimum absolute atomic E-state index is 0.00970. The van der Waals surface area contributed by atoms with Crippen LogP contribution in [-0.2, 0) is 10.0 Å². The van der Waals surface area contributed by atoms with Gasteiger partial charge in [0, 0.05) is 6.07 Å². The molecule has 0 amide bonds. The SMILES string of the molecule is Cc1cc(C)c(C)c(S(=O)(=O)Nc2c(F)c(F)cc(F)c2F)c1C. The summed E-state index contributed by atoms with van der Waals surface area (Å²) in [5.41, 5.74) is 0.687. The van der Waals surface area contributed by atoms with Gasteiger partial charge in [-0.2, -0.15) is 0 Å². The standard InChI is InChI=1S/C16H15F4NO2S/c1-7-5-8(2)10(4)16(9(7)3)24(22,23)21-15-13(19)11(17)6-12(18)14(15)20/h5-6,21H,1-4H3. The van der Waals surface area contributed by atoms with Crippen LogP contribution < -0.4 is 4.72 Å². The molecule has 0 saturated heterocycles. The molecule has 3 nitrogen and oxygen atoms in total. The van der Waals surface area contributed by atoms with Gasteiger partial charge in [0.2, 0.25) is 0 Å². The van der Waals surface area contributed by atoms with E-state index in [0.29, 0.717) is 22.3 Å². The van der Waals surface area contributed by atoms with Crippen LogP contribution in [0.25, 0.3) is 0 Å². The van der Waals surface area contributed by atoms with Crippen LogP contribution in [0.3, 0.4) is 0 Å². The van der Waals surface area contributed by atoms with Crippen molar-refractivity contribution >= 4 is 15.7 Å². The van der Waals surface area contributed by atoms with Crippen LogP contribution in [0.5, 0.6) is 0 Å². The second-order valence-corrected chi connectivity index (χ2v) is 7.16. The summed E-state index contributed by atoms with van der Waals surface area (Å²) < 4.78 is 80.8. The number of nitrogens with one attached hydrogen (secondary N) is 1. The summed E-state index contributed by atoms with van der Waals surface area (Å²) in [6.45, 7) is 6.44. The first-order valence-electron chi connectivity index (χ1n) is 6.90. The number of aryl methyl sites for hydroxylation is 2. The van der Waals surface area contributed by atoms with Crippen LogP contribution in [0, 0.1) is 51.0 Å². The monoisotopic (exact) mass is 361 g/mol. The molecule has 0 aliphatic rings. The molecule has 2 aromatic rings. The lowest BCUT2D eigenvalue weighted by Gasteiger charge is -2.17. The van der Waals surface area contributed by atoms with Crippen molar-refractivity contribution in [1.82, 2.24) is 0 Å². The van der Waals surface area contributed by atoms with Crippen molar-refractivity contribution in [3.63, 3.8) is 0 Å². The minimum Gasteiger partial charge on any atom is -0.274 e. The zero-order chi connectivity index (χ0) is 18.4. The number of hydrogen-bond donors (Lipinski definition) is 1. The Morgan fingerprint density at radius 2 is 1.21 bits per heavy atom. The summed E-state index contributed by atoms with van der Waals surface area (Å²) in [5.74, 6) is -7.00. The molecule has 0 unspecified atom stereocenters. The van der Waals surface area contributed by atoms with Gasteiger partial charge >= 0.3 is 0 Å². The second kappa shape index (κ2) is 6.08. The summed E-state index contributed by atoms with van der Waals surface area (Å²) in [6.07, 6.45) is 0. The number of hydrogen-bond acceptors (Lipinski definition) is 2. The van der Waals surface area contributed by atoms with Crippen molar-refractivity contribution in [2.24, 2.45) is 0 Å². The first kappa shape index (κ1) is 18.3. The third kappa shape index (κ3) is 2.98. The Bertz CT molecular complexity index is 888.